The minimum absolute atomic E-state index is 0.153. The van der Waals surface area contributed by atoms with E-state index in [9.17, 15) is 18.0 Å². The van der Waals surface area contributed by atoms with Crippen LogP contribution in [0, 0.1) is 0 Å². The Morgan fingerprint density at radius 2 is 1.74 bits per heavy atom. The second kappa shape index (κ2) is 9.85. The molecular formula is C22H15Cl2F3N2O2. The van der Waals surface area contributed by atoms with E-state index in [0.717, 1.165) is 17.8 Å². The average molecular weight is 467 g/mol. The Morgan fingerprint density at radius 3 is 2.42 bits per heavy atom. The minimum Gasteiger partial charge on any atom is -0.489 e. The highest BCUT2D eigenvalue weighted by Gasteiger charge is 2.32. The summed E-state index contributed by atoms with van der Waals surface area (Å²) in [5.74, 6) is -0.0711. The van der Waals surface area contributed by atoms with Gasteiger partial charge in [-0.05, 0) is 42.5 Å². The van der Waals surface area contributed by atoms with E-state index in [-0.39, 0.29) is 17.7 Å². The summed E-state index contributed by atoms with van der Waals surface area (Å²) in [6, 6.07) is 16.2. The topological polar surface area (TPSA) is 50.7 Å². The van der Waals surface area contributed by atoms with Crippen molar-refractivity contribution in [2.45, 2.75) is 12.8 Å². The second-order valence-corrected chi connectivity index (χ2v) is 7.18. The quantitative estimate of drug-likeness (QED) is 0.339. The molecule has 0 heterocycles. The zero-order chi connectivity index (χ0) is 22.4. The van der Waals surface area contributed by atoms with E-state index in [1.807, 2.05) is 0 Å². The van der Waals surface area contributed by atoms with Crippen molar-refractivity contribution in [3.05, 3.63) is 99.0 Å². The van der Waals surface area contributed by atoms with Gasteiger partial charge in [0.2, 0.25) is 0 Å². The van der Waals surface area contributed by atoms with Crippen LogP contribution >= 0.6 is 23.2 Å². The fourth-order valence-electron chi connectivity index (χ4n) is 2.60. The molecule has 0 atom stereocenters. The zero-order valence-electron chi connectivity index (χ0n) is 15.8. The molecule has 9 heteroatoms. The number of nitrogens with one attached hydrogen (secondary N) is 1. The Morgan fingerprint density at radius 1 is 1.03 bits per heavy atom. The number of hydrazone groups is 1. The standard InChI is InChI=1S/C22H15Cl2F3N2O2/c23-17-8-5-16(20(24)11-17)13-31-18-9-6-14(7-10-18)21(30)29-28-12-15-3-1-2-4-19(15)22(25,26)27/h1-12H,13H2,(H,29,30)/b28-12-. The first kappa shape index (κ1) is 22.7. The molecule has 0 unspecified atom stereocenters. The predicted molar refractivity (Wildman–Crippen MR) is 114 cm³/mol. The Bertz CT molecular complexity index is 1100. The summed E-state index contributed by atoms with van der Waals surface area (Å²) >= 11 is 12.0. The number of alkyl halides is 3. The second-order valence-electron chi connectivity index (χ2n) is 6.33. The Labute approximate surface area is 186 Å². The van der Waals surface area contributed by atoms with Crippen molar-refractivity contribution in [1.82, 2.24) is 5.43 Å². The van der Waals surface area contributed by atoms with Crippen molar-refractivity contribution in [2.75, 3.05) is 0 Å². The minimum atomic E-state index is -4.52. The molecule has 0 saturated carbocycles. The lowest BCUT2D eigenvalue weighted by Gasteiger charge is -2.09. The molecular weight excluding hydrogens is 452 g/mol. The first-order valence-electron chi connectivity index (χ1n) is 8.90. The molecule has 0 aliphatic heterocycles. The van der Waals surface area contributed by atoms with Crippen molar-refractivity contribution in [2.24, 2.45) is 5.10 Å². The van der Waals surface area contributed by atoms with Gasteiger partial charge in [0.25, 0.3) is 5.91 Å². The summed E-state index contributed by atoms with van der Waals surface area (Å²) in [4.78, 5) is 12.2. The number of hydrogen-bond donors (Lipinski definition) is 1. The number of rotatable bonds is 6. The molecule has 0 spiro atoms. The molecule has 3 aromatic rings. The maximum atomic E-state index is 13.0. The van der Waals surface area contributed by atoms with E-state index >= 15 is 0 Å². The number of nitrogens with zero attached hydrogens (tertiary/aromatic N) is 1. The van der Waals surface area contributed by atoms with Crippen LogP contribution in [-0.4, -0.2) is 12.1 Å². The van der Waals surface area contributed by atoms with Crippen molar-refractivity contribution >= 4 is 35.3 Å². The van der Waals surface area contributed by atoms with E-state index in [1.165, 1.54) is 30.3 Å². The van der Waals surface area contributed by atoms with Gasteiger partial charge in [-0.25, -0.2) is 5.43 Å². The van der Waals surface area contributed by atoms with Gasteiger partial charge >= 0.3 is 6.18 Å². The molecule has 0 aromatic heterocycles. The summed E-state index contributed by atoms with van der Waals surface area (Å²) in [5.41, 5.74) is 2.23. The molecule has 3 rings (SSSR count). The van der Waals surface area contributed by atoms with Gasteiger partial charge in [-0.1, -0.05) is 47.5 Å². The molecule has 160 valence electrons. The normalized spacial score (nSPS) is 11.5. The van der Waals surface area contributed by atoms with Crippen LogP contribution in [0.1, 0.15) is 27.0 Å². The van der Waals surface area contributed by atoms with E-state index in [4.69, 9.17) is 27.9 Å². The molecule has 4 nitrogen and oxygen atoms in total. The van der Waals surface area contributed by atoms with Gasteiger partial charge < -0.3 is 4.74 Å². The summed E-state index contributed by atoms with van der Waals surface area (Å²) in [7, 11) is 0. The molecule has 0 bridgehead atoms. The number of ether oxygens (including phenoxy) is 1. The lowest BCUT2D eigenvalue weighted by molar-refractivity contribution is -0.137. The summed E-state index contributed by atoms with van der Waals surface area (Å²) in [6.45, 7) is 0.213. The van der Waals surface area contributed by atoms with Crippen molar-refractivity contribution < 1.29 is 22.7 Å². The van der Waals surface area contributed by atoms with Gasteiger partial charge in [0.15, 0.2) is 0 Å². The van der Waals surface area contributed by atoms with Gasteiger partial charge in [-0.2, -0.15) is 18.3 Å². The lowest BCUT2D eigenvalue weighted by atomic mass is 10.1. The molecule has 31 heavy (non-hydrogen) atoms. The van der Waals surface area contributed by atoms with E-state index in [0.29, 0.717) is 15.8 Å². The maximum Gasteiger partial charge on any atom is 0.417 e. The van der Waals surface area contributed by atoms with Crippen molar-refractivity contribution in [1.29, 1.82) is 0 Å². The molecule has 0 radical (unpaired) electrons. The molecule has 0 saturated heterocycles. The van der Waals surface area contributed by atoms with Crippen LogP contribution in [0.25, 0.3) is 0 Å². The monoisotopic (exact) mass is 466 g/mol. The van der Waals surface area contributed by atoms with Gasteiger partial charge in [0, 0.05) is 26.7 Å². The highest BCUT2D eigenvalue weighted by Crippen LogP contribution is 2.31. The number of hydrogen-bond acceptors (Lipinski definition) is 3. The third-order valence-electron chi connectivity index (χ3n) is 4.16. The summed E-state index contributed by atoms with van der Waals surface area (Å²) < 4.78 is 44.6. The van der Waals surface area contributed by atoms with Gasteiger partial charge in [0.05, 0.1) is 11.8 Å². The third kappa shape index (κ3) is 6.23. The van der Waals surface area contributed by atoms with Gasteiger partial charge in [-0.3, -0.25) is 4.79 Å². The molecule has 1 N–H and O–H groups in total. The zero-order valence-corrected chi connectivity index (χ0v) is 17.3. The molecule has 3 aromatic carbocycles. The Hall–Kier alpha value is -3.03. The third-order valence-corrected chi connectivity index (χ3v) is 4.75. The number of amides is 1. The Balaban J connectivity index is 1.59. The molecule has 0 aliphatic carbocycles. The van der Waals surface area contributed by atoms with Crippen LogP contribution in [0.4, 0.5) is 13.2 Å². The molecule has 1 amide bonds. The highest BCUT2D eigenvalue weighted by molar-refractivity contribution is 6.35. The maximum absolute atomic E-state index is 13.0. The first-order valence-corrected chi connectivity index (χ1v) is 9.66. The molecule has 0 aliphatic rings. The first-order chi connectivity index (χ1) is 14.7. The van der Waals surface area contributed by atoms with Gasteiger partial charge in [-0.15, -0.1) is 0 Å². The number of carbonyl (C=O) groups excluding carboxylic acids is 1. The van der Waals surface area contributed by atoms with Crippen LogP contribution in [0.3, 0.4) is 0 Å². The van der Waals surface area contributed by atoms with Crippen LogP contribution in [0.2, 0.25) is 10.0 Å². The fourth-order valence-corrected chi connectivity index (χ4v) is 3.06. The van der Waals surface area contributed by atoms with Crippen LogP contribution < -0.4 is 10.2 Å². The smallest absolute Gasteiger partial charge is 0.417 e. The van der Waals surface area contributed by atoms with Gasteiger partial charge in [0.1, 0.15) is 12.4 Å². The number of benzene rings is 3. The molecule has 0 fully saturated rings. The largest absolute Gasteiger partial charge is 0.489 e. The fraction of sp³-hybridized carbons (Fsp3) is 0.0909. The van der Waals surface area contributed by atoms with E-state index in [2.05, 4.69) is 10.5 Å². The van der Waals surface area contributed by atoms with Crippen LogP contribution in [-0.2, 0) is 12.8 Å². The van der Waals surface area contributed by atoms with E-state index < -0.39 is 17.6 Å². The Kier molecular flexibility index (Phi) is 7.20. The van der Waals surface area contributed by atoms with Crippen molar-refractivity contribution in [3.63, 3.8) is 0 Å². The summed E-state index contributed by atoms with van der Waals surface area (Å²) in [6.07, 6.45) is -3.56. The van der Waals surface area contributed by atoms with Crippen molar-refractivity contribution in [3.8, 4) is 5.75 Å². The predicted octanol–water partition coefficient (Wildman–Crippen LogP) is 6.36. The highest BCUT2D eigenvalue weighted by atomic mass is 35.5. The SMILES string of the molecule is O=C(N/N=C\c1ccccc1C(F)(F)F)c1ccc(OCc2ccc(Cl)cc2Cl)cc1. The average Bonchev–Trinajstić information content (AvgIpc) is 2.73. The number of carbonyl (C=O) groups is 1. The number of halogens is 5. The van der Waals surface area contributed by atoms with Crippen LogP contribution in [0.15, 0.2) is 71.8 Å². The lowest BCUT2D eigenvalue weighted by Crippen LogP contribution is -2.18. The summed E-state index contributed by atoms with van der Waals surface area (Å²) in [5, 5.41) is 4.63. The van der Waals surface area contributed by atoms with E-state index in [1.54, 1.807) is 30.3 Å². The van der Waals surface area contributed by atoms with Crippen LogP contribution in [0.5, 0.6) is 5.75 Å².